The number of carbonyl (C=O) groups is 1. The van der Waals surface area contributed by atoms with Gasteiger partial charge in [-0.1, -0.05) is 11.6 Å². The predicted octanol–water partition coefficient (Wildman–Crippen LogP) is 1.68. The lowest BCUT2D eigenvalue weighted by Gasteiger charge is -2.45. The van der Waals surface area contributed by atoms with Crippen molar-refractivity contribution in [2.24, 2.45) is 0 Å². The Kier molecular flexibility index (Phi) is 5.24. The molecule has 1 aromatic rings. The van der Waals surface area contributed by atoms with E-state index in [1.807, 2.05) is 0 Å². The monoisotopic (exact) mass is 387 g/mol. The van der Waals surface area contributed by atoms with Crippen molar-refractivity contribution in [1.82, 2.24) is 9.80 Å². The van der Waals surface area contributed by atoms with Crippen molar-refractivity contribution in [2.75, 3.05) is 44.9 Å². The minimum Gasteiger partial charge on any atom is -0.373 e. The molecule has 2 bridgehead atoms. The van der Waals surface area contributed by atoms with Gasteiger partial charge in [-0.2, -0.15) is 0 Å². The molecule has 138 valence electrons. The summed E-state index contributed by atoms with van der Waals surface area (Å²) in [4.78, 5) is 16.6. The van der Waals surface area contributed by atoms with Crippen LogP contribution >= 0.6 is 11.6 Å². The third-order valence-corrected chi connectivity index (χ3v) is 6.33. The summed E-state index contributed by atoms with van der Waals surface area (Å²) < 4.78 is 29.3. The Hall–Kier alpha value is -1.35. The van der Waals surface area contributed by atoms with Crippen molar-refractivity contribution in [2.45, 2.75) is 23.5 Å². The lowest BCUT2D eigenvalue weighted by Crippen LogP contribution is -2.59. The lowest BCUT2D eigenvalue weighted by molar-refractivity contribution is -0.0878. The maximum Gasteiger partial charge on any atom is 0.321 e. The zero-order valence-corrected chi connectivity index (χ0v) is 15.8. The van der Waals surface area contributed by atoms with Crippen LogP contribution < -0.4 is 5.32 Å². The van der Waals surface area contributed by atoms with Crippen LogP contribution in [0.25, 0.3) is 0 Å². The van der Waals surface area contributed by atoms with E-state index in [1.165, 1.54) is 12.1 Å². The van der Waals surface area contributed by atoms with E-state index in [0.29, 0.717) is 12.3 Å². The van der Waals surface area contributed by atoms with Gasteiger partial charge in [0.25, 0.3) is 0 Å². The van der Waals surface area contributed by atoms with Gasteiger partial charge >= 0.3 is 6.03 Å². The molecule has 3 rings (SSSR count). The number of hydrogen-bond donors (Lipinski definition) is 1. The summed E-state index contributed by atoms with van der Waals surface area (Å²) in [5.41, 5.74) is 0.392. The number of morpholine rings is 1. The number of nitrogens with zero attached hydrogens (tertiary/aromatic N) is 2. The van der Waals surface area contributed by atoms with Crippen LogP contribution in [0.1, 0.15) is 6.42 Å². The molecule has 1 N–H and O–H groups in total. The average molecular weight is 388 g/mol. The number of benzene rings is 1. The first-order valence-electron chi connectivity index (χ1n) is 8.13. The van der Waals surface area contributed by atoms with Gasteiger partial charge < -0.3 is 15.0 Å². The van der Waals surface area contributed by atoms with Crippen molar-refractivity contribution < 1.29 is 17.9 Å². The summed E-state index contributed by atoms with van der Waals surface area (Å²) >= 11 is 5.94. The molecular weight excluding hydrogens is 366 g/mol. The van der Waals surface area contributed by atoms with Crippen LogP contribution in [0.3, 0.4) is 0 Å². The van der Waals surface area contributed by atoms with Gasteiger partial charge in [0, 0.05) is 38.6 Å². The van der Waals surface area contributed by atoms with E-state index in [4.69, 9.17) is 16.3 Å². The number of urea groups is 1. The van der Waals surface area contributed by atoms with Crippen molar-refractivity contribution in [1.29, 1.82) is 0 Å². The quantitative estimate of drug-likeness (QED) is 0.853. The number of rotatable bonds is 3. The first-order valence-corrected chi connectivity index (χ1v) is 10.4. The Labute approximate surface area is 152 Å². The van der Waals surface area contributed by atoms with Gasteiger partial charge in [0.15, 0.2) is 9.84 Å². The van der Waals surface area contributed by atoms with E-state index in [1.54, 1.807) is 18.0 Å². The molecule has 2 aliphatic rings. The number of nitrogens with one attached hydrogen (secondary N) is 1. The predicted molar refractivity (Wildman–Crippen MR) is 95.9 cm³/mol. The largest absolute Gasteiger partial charge is 0.373 e. The van der Waals surface area contributed by atoms with Gasteiger partial charge in [-0.25, -0.2) is 13.2 Å². The number of anilines is 1. The molecule has 0 aromatic heterocycles. The number of halogens is 1. The van der Waals surface area contributed by atoms with Gasteiger partial charge in [0.1, 0.15) is 0 Å². The smallest absolute Gasteiger partial charge is 0.321 e. The Morgan fingerprint density at radius 1 is 1.40 bits per heavy atom. The molecular formula is C16H22ClN3O4S. The minimum absolute atomic E-state index is 0.00135. The summed E-state index contributed by atoms with van der Waals surface area (Å²) in [6.45, 7) is 3.41. The van der Waals surface area contributed by atoms with Gasteiger partial charge in [0.05, 0.1) is 28.7 Å². The summed E-state index contributed by atoms with van der Waals surface area (Å²) in [5.74, 6) is 0. The molecule has 7 nitrogen and oxygen atoms in total. The van der Waals surface area contributed by atoms with Gasteiger partial charge in [-0.15, -0.1) is 0 Å². The highest BCUT2D eigenvalue weighted by molar-refractivity contribution is 7.90. The highest BCUT2D eigenvalue weighted by Crippen LogP contribution is 2.26. The van der Waals surface area contributed by atoms with Crippen LogP contribution in [-0.4, -0.2) is 75.9 Å². The van der Waals surface area contributed by atoms with Crippen LogP contribution in [0.5, 0.6) is 0 Å². The molecule has 0 radical (unpaired) electrons. The first kappa shape index (κ1) is 18.4. The van der Waals surface area contributed by atoms with Crippen LogP contribution in [0, 0.1) is 0 Å². The first-order chi connectivity index (χ1) is 11.8. The summed E-state index contributed by atoms with van der Waals surface area (Å²) in [6.07, 6.45) is 1.94. The second kappa shape index (κ2) is 7.11. The zero-order valence-electron chi connectivity index (χ0n) is 14.2. The maximum atomic E-state index is 12.6. The van der Waals surface area contributed by atoms with Gasteiger partial charge in [0.2, 0.25) is 0 Å². The fourth-order valence-electron chi connectivity index (χ4n) is 3.34. The Balaban J connectivity index is 1.71. The van der Waals surface area contributed by atoms with E-state index < -0.39 is 9.84 Å². The number of sulfone groups is 1. The van der Waals surface area contributed by atoms with Crippen LogP contribution in [-0.2, 0) is 14.6 Å². The average Bonchev–Trinajstić information content (AvgIpc) is 2.55. The Morgan fingerprint density at radius 3 is 2.88 bits per heavy atom. The van der Waals surface area contributed by atoms with Crippen LogP contribution in [0.2, 0.25) is 5.02 Å². The highest BCUT2D eigenvalue weighted by Gasteiger charge is 2.36. The fourth-order valence-corrected chi connectivity index (χ4v) is 4.64. The molecule has 2 fully saturated rings. The third-order valence-electron chi connectivity index (χ3n) is 4.75. The molecule has 2 amide bonds. The summed E-state index contributed by atoms with van der Waals surface area (Å²) in [7, 11) is -1.73. The summed E-state index contributed by atoms with van der Waals surface area (Å²) in [5, 5.41) is 2.88. The van der Waals surface area contributed by atoms with Crippen LogP contribution in [0.4, 0.5) is 10.5 Å². The number of likely N-dealkylation sites (N-methyl/N-ethyl adjacent to an activating group) is 1. The lowest BCUT2D eigenvalue weighted by atomic mass is 9.99. The topological polar surface area (TPSA) is 79.0 Å². The molecule has 2 saturated heterocycles. The van der Waals surface area contributed by atoms with E-state index >= 15 is 0 Å². The third kappa shape index (κ3) is 4.08. The molecule has 2 aliphatic heterocycles. The standard InChI is InChI=1S/C16H22ClN3O4S/c1-19(13-5-6-20-7-8-24-14(13)10-20)16(21)18-11-3-4-12(17)15(9-11)25(2,22)23/h3-4,9,13-14H,5-8,10H2,1-2H3,(H,18,21). The van der Waals surface area contributed by atoms with E-state index in [9.17, 15) is 13.2 Å². The molecule has 25 heavy (non-hydrogen) atoms. The van der Waals surface area contributed by atoms with E-state index in [0.717, 1.165) is 32.3 Å². The van der Waals surface area contributed by atoms with Crippen molar-refractivity contribution in [3.63, 3.8) is 0 Å². The van der Waals surface area contributed by atoms with E-state index in [-0.39, 0.29) is 28.1 Å². The van der Waals surface area contributed by atoms with Gasteiger partial charge in [-0.3, -0.25) is 4.90 Å². The number of amides is 2. The van der Waals surface area contributed by atoms with Crippen molar-refractivity contribution >= 4 is 33.2 Å². The van der Waals surface area contributed by atoms with E-state index in [2.05, 4.69) is 10.2 Å². The number of piperidine rings is 1. The Morgan fingerprint density at radius 2 is 2.16 bits per heavy atom. The molecule has 2 heterocycles. The molecule has 0 saturated carbocycles. The highest BCUT2D eigenvalue weighted by atomic mass is 35.5. The number of hydrogen-bond acceptors (Lipinski definition) is 5. The Bertz CT molecular complexity index is 771. The fraction of sp³-hybridized carbons (Fsp3) is 0.562. The molecule has 0 spiro atoms. The maximum absolute atomic E-state index is 12.6. The molecule has 3 atom stereocenters. The second-order valence-electron chi connectivity index (χ2n) is 6.52. The molecule has 9 heteroatoms. The van der Waals surface area contributed by atoms with Crippen molar-refractivity contribution in [3.05, 3.63) is 23.2 Å². The van der Waals surface area contributed by atoms with Crippen molar-refractivity contribution in [3.8, 4) is 0 Å². The number of ether oxygens (including phenoxy) is 1. The summed E-state index contributed by atoms with van der Waals surface area (Å²) in [6, 6.07) is 4.13. The van der Waals surface area contributed by atoms with Crippen LogP contribution in [0.15, 0.2) is 23.1 Å². The normalized spacial score (nSPS) is 26.1. The molecule has 0 aliphatic carbocycles. The minimum atomic E-state index is -3.47. The molecule has 1 aromatic carbocycles. The molecule has 3 unspecified atom stereocenters. The zero-order chi connectivity index (χ0) is 18.2. The number of carbonyl (C=O) groups excluding carboxylic acids is 1. The SMILES string of the molecule is CN(C(=O)Nc1ccc(Cl)c(S(C)(=O)=O)c1)C1CCN2CCOC1C2. The second-order valence-corrected chi connectivity index (χ2v) is 8.92. The number of fused-ring (bicyclic) bond motifs is 2. The van der Waals surface area contributed by atoms with Gasteiger partial charge in [-0.05, 0) is 24.6 Å².